The van der Waals surface area contributed by atoms with Crippen molar-refractivity contribution < 1.29 is 0 Å². The van der Waals surface area contributed by atoms with Gasteiger partial charge in [0.2, 0.25) is 0 Å². The molecular weight excluding hydrogens is 196 g/mol. The van der Waals surface area contributed by atoms with Crippen molar-refractivity contribution >= 4 is 34.3 Å². The maximum absolute atomic E-state index is 5.75. The van der Waals surface area contributed by atoms with Crippen LogP contribution in [0.15, 0.2) is 24.4 Å². The summed E-state index contributed by atoms with van der Waals surface area (Å²) >= 11 is 5.20. The highest BCUT2D eigenvalue weighted by Gasteiger charge is 2.13. The molecule has 0 bridgehead atoms. The lowest BCUT2D eigenvalue weighted by Gasteiger charge is -2.11. The lowest BCUT2D eigenvalue weighted by molar-refractivity contribution is 0.926. The van der Waals surface area contributed by atoms with Crippen molar-refractivity contribution in [2.24, 2.45) is 0 Å². The van der Waals surface area contributed by atoms with Crippen LogP contribution in [0.3, 0.4) is 0 Å². The zero-order valence-corrected chi connectivity index (χ0v) is 8.29. The second kappa shape index (κ2) is 3.26. The van der Waals surface area contributed by atoms with Crippen LogP contribution in [0.4, 0.5) is 11.5 Å². The van der Waals surface area contributed by atoms with Gasteiger partial charge in [-0.05, 0) is 6.08 Å². The van der Waals surface area contributed by atoms with Crippen LogP contribution in [-0.2, 0) is 0 Å². The van der Waals surface area contributed by atoms with Gasteiger partial charge in [0, 0.05) is 11.3 Å². The topological polar surface area (TPSA) is 69.9 Å². The molecule has 0 unspecified atom stereocenters. The van der Waals surface area contributed by atoms with Gasteiger partial charge in [0.15, 0.2) is 5.82 Å². The smallest absolute Gasteiger partial charge is 0.150 e. The van der Waals surface area contributed by atoms with Crippen LogP contribution in [0, 0.1) is 0 Å². The number of rotatable bonds is 1. The molecule has 2 rings (SSSR count). The first kappa shape index (κ1) is 8.96. The van der Waals surface area contributed by atoms with Crippen LogP contribution in [0.2, 0.25) is 0 Å². The fraction of sp³-hybridized carbons (Fsp3) is 0.111. The number of allylic oxidation sites excluding steroid dienone is 4. The van der Waals surface area contributed by atoms with E-state index in [1.54, 1.807) is 4.68 Å². The molecule has 0 fully saturated rings. The van der Waals surface area contributed by atoms with Gasteiger partial charge >= 0.3 is 0 Å². The van der Waals surface area contributed by atoms with Crippen LogP contribution >= 0.6 is 12.2 Å². The Bertz CT molecular complexity index is 442. The number of hydrogen-bond acceptors (Lipinski definition) is 4. The number of hydrogen-bond donors (Lipinski definition) is 2. The van der Waals surface area contributed by atoms with Gasteiger partial charge in [0.1, 0.15) is 0 Å². The summed E-state index contributed by atoms with van der Waals surface area (Å²) in [5.41, 5.74) is 12.6. The summed E-state index contributed by atoms with van der Waals surface area (Å²) < 4.78 is 1.57. The van der Waals surface area contributed by atoms with E-state index >= 15 is 0 Å². The average molecular weight is 206 g/mol. The Balaban J connectivity index is 2.49. The molecule has 5 heteroatoms. The van der Waals surface area contributed by atoms with Gasteiger partial charge in [-0.3, -0.25) is 0 Å². The first-order valence-electron chi connectivity index (χ1n) is 4.19. The van der Waals surface area contributed by atoms with Gasteiger partial charge in [-0.1, -0.05) is 24.4 Å². The van der Waals surface area contributed by atoms with Crippen LogP contribution < -0.4 is 11.5 Å². The molecule has 0 spiro atoms. The van der Waals surface area contributed by atoms with E-state index in [1.165, 1.54) is 6.20 Å². The second-order valence-electron chi connectivity index (χ2n) is 3.00. The van der Waals surface area contributed by atoms with E-state index in [9.17, 15) is 0 Å². The molecular formula is C9H10N4S. The Morgan fingerprint density at radius 3 is 2.79 bits per heavy atom. The Labute approximate surface area is 86.9 Å². The van der Waals surface area contributed by atoms with E-state index in [0.717, 1.165) is 17.0 Å². The highest BCUT2D eigenvalue weighted by atomic mass is 32.1. The number of nitrogen functional groups attached to an aromatic ring is 2. The molecule has 0 atom stereocenters. The molecule has 0 saturated carbocycles. The number of nitrogens with zero attached hydrogens (tertiary/aromatic N) is 2. The summed E-state index contributed by atoms with van der Waals surface area (Å²) in [6.45, 7) is 0. The maximum Gasteiger partial charge on any atom is 0.150 e. The lowest BCUT2D eigenvalue weighted by atomic mass is 10.1. The van der Waals surface area contributed by atoms with Gasteiger partial charge < -0.3 is 11.5 Å². The molecule has 1 aromatic heterocycles. The van der Waals surface area contributed by atoms with Crippen LogP contribution in [0.5, 0.6) is 0 Å². The number of aromatic nitrogens is 2. The molecule has 1 aromatic rings. The quantitative estimate of drug-likeness (QED) is 0.678. The highest BCUT2D eigenvalue weighted by molar-refractivity contribution is 7.81. The third kappa shape index (κ3) is 1.31. The van der Waals surface area contributed by atoms with Crippen LogP contribution in [0.25, 0.3) is 5.70 Å². The lowest BCUT2D eigenvalue weighted by Crippen LogP contribution is -2.12. The summed E-state index contributed by atoms with van der Waals surface area (Å²) in [6.07, 6.45) is 8.09. The highest BCUT2D eigenvalue weighted by Crippen LogP contribution is 2.21. The second-order valence-corrected chi connectivity index (χ2v) is 3.50. The Hall–Kier alpha value is -1.62. The molecule has 4 nitrogen and oxygen atoms in total. The fourth-order valence-electron chi connectivity index (χ4n) is 1.28. The Morgan fingerprint density at radius 2 is 2.21 bits per heavy atom. The number of thiocarbonyl (C=S) groups is 1. The first-order chi connectivity index (χ1) is 6.70. The molecule has 14 heavy (non-hydrogen) atoms. The zero-order valence-electron chi connectivity index (χ0n) is 7.47. The zero-order chi connectivity index (χ0) is 10.1. The Morgan fingerprint density at radius 1 is 1.43 bits per heavy atom. The van der Waals surface area contributed by atoms with Crippen molar-refractivity contribution in [1.82, 2.24) is 9.78 Å². The predicted octanol–water partition coefficient (Wildman–Crippen LogP) is 1.22. The minimum Gasteiger partial charge on any atom is -0.394 e. The van der Waals surface area contributed by atoms with Crippen LogP contribution in [0.1, 0.15) is 6.42 Å². The van der Waals surface area contributed by atoms with Gasteiger partial charge in [-0.15, -0.1) is 0 Å². The summed E-state index contributed by atoms with van der Waals surface area (Å²) in [6, 6.07) is 0. The molecule has 0 saturated heterocycles. The maximum atomic E-state index is 5.75. The molecule has 1 aliphatic carbocycles. The van der Waals surface area contributed by atoms with E-state index in [4.69, 9.17) is 23.7 Å². The molecule has 4 N–H and O–H groups in total. The van der Waals surface area contributed by atoms with Crippen molar-refractivity contribution in [3.63, 3.8) is 0 Å². The summed E-state index contributed by atoms with van der Waals surface area (Å²) in [5.74, 6) is 0.439. The van der Waals surface area contributed by atoms with Gasteiger partial charge in [0.05, 0.1) is 17.6 Å². The van der Waals surface area contributed by atoms with E-state index in [1.807, 2.05) is 18.2 Å². The molecule has 0 amide bonds. The normalized spacial score (nSPS) is 15.7. The third-order valence-electron chi connectivity index (χ3n) is 2.04. The van der Waals surface area contributed by atoms with Crippen molar-refractivity contribution in [3.05, 3.63) is 24.4 Å². The van der Waals surface area contributed by atoms with E-state index in [-0.39, 0.29) is 0 Å². The predicted molar refractivity (Wildman–Crippen MR) is 61.7 cm³/mol. The summed E-state index contributed by atoms with van der Waals surface area (Å²) in [4.78, 5) is 0.822. The minimum atomic E-state index is 0.439. The van der Waals surface area contributed by atoms with Gasteiger partial charge in [0.25, 0.3) is 0 Å². The Kier molecular flexibility index (Phi) is 2.09. The van der Waals surface area contributed by atoms with Crippen molar-refractivity contribution in [2.45, 2.75) is 6.42 Å². The largest absolute Gasteiger partial charge is 0.394 e. The van der Waals surface area contributed by atoms with E-state index in [0.29, 0.717) is 11.5 Å². The molecule has 1 heterocycles. The van der Waals surface area contributed by atoms with Gasteiger partial charge in [-0.2, -0.15) is 5.10 Å². The number of nitrogens with two attached hydrogens (primary N) is 2. The summed E-state index contributed by atoms with van der Waals surface area (Å²) in [7, 11) is 0. The fourth-order valence-corrected chi connectivity index (χ4v) is 1.53. The van der Waals surface area contributed by atoms with E-state index < -0.39 is 0 Å². The SMILES string of the molecule is Nc1cnn(C2=CC=CCC2=S)c1N. The van der Waals surface area contributed by atoms with Crippen molar-refractivity contribution in [1.29, 1.82) is 0 Å². The molecule has 1 aliphatic rings. The standard InChI is InChI=1S/C9H10N4S/c10-6-5-12-13(9(6)11)7-3-1-2-4-8(7)14/h1-3,5H,4,10-11H2. The minimum absolute atomic E-state index is 0.439. The third-order valence-corrected chi connectivity index (χ3v) is 2.42. The van der Waals surface area contributed by atoms with Crippen molar-refractivity contribution in [3.8, 4) is 0 Å². The monoisotopic (exact) mass is 206 g/mol. The van der Waals surface area contributed by atoms with Crippen molar-refractivity contribution in [2.75, 3.05) is 11.5 Å². The first-order valence-corrected chi connectivity index (χ1v) is 4.60. The molecule has 0 aromatic carbocycles. The van der Waals surface area contributed by atoms with Gasteiger partial charge in [-0.25, -0.2) is 4.68 Å². The molecule has 0 radical (unpaired) electrons. The van der Waals surface area contributed by atoms with E-state index in [2.05, 4.69) is 5.10 Å². The summed E-state index contributed by atoms with van der Waals surface area (Å²) in [5, 5.41) is 4.07. The van der Waals surface area contributed by atoms with Crippen LogP contribution in [-0.4, -0.2) is 14.6 Å². The average Bonchev–Trinajstić information content (AvgIpc) is 2.49. The number of anilines is 2. The molecule has 0 aliphatic heterocycles. The molecule has 72 valence electrons.